The second-order valence-corrected chi connectivity index (χ2v) is 7.92. The van der Waals surface area contributed by atoms with Gasteiger partial charge in [0.15, 0.2) is 0 Å². The molecule has 0 saturated heterocycles. The Morgan fingerprint density at radius 1 is 0.897 bits per heavy atom. The monoisotopic (exact) mass is 418 g/mol. The Hall–Kier alpha value is -2.40. The molecule has 0 atom stereocenters. The minimum absolute atomic E-state index is 0.124. The third-order valence-electron chi connectivity index (χ3n) is 3.81. The van der Waals surface area contributed by atoms with Gasteiger partial charge in [0.2, 0.25) is 0 Å². The van der Waals surface area contributed by atoms with Crippen molar-refractivity contribution in [1.29, 1.82) is 0 Å². The molecule has 0 N–H and O–H groups in total. The number of hydrogen-bond acceptors (Lipinski definition) is 6. The van der Waals surface area contributed by atoms with Crippen molar-refractivity contribution in [3.05, 3.63) is 71.0 Å². The van der Waals surface area contributed by atoms with Crippen molar-refractivity contribution >= 4 is 19.6 Å². The molecule has 0 heterocycles. The molecule has 2 aromatic carbocycles. The molecule has 29 heavy (non-hydrogen) atoms. The number of hydrogen-bond donors (Lipinski definition) is 0. The third-order valence-corrected chi connectivity index (χ3v) is 5.91. The Kier molecular flexibility index (Phi) is 9.13. The van der Waals surface area contributed by atoms with Crippen LogP contribution in [0.15, 0.2) is 59.9 Å². The Morgan fingerprint density at radius 3 is 2.07 bits per heavy atom. The van der Waals surface area contributed by atoms with E-state index in [0.29, 0.717) is 17.9 Å². The van der Waals surface area contributed by atoms with Crippen molar-refractivity contribution < 1.29 is 27.9 Å². The molecule has 0 aromatic heterocycles. The predicted octanol–water partition coefficient (Wildman–Crippen LogP) is 5.44. The molecule has 156 valence electrons. The summed E-state index contributed by atoms with van der Waals surface area (Å²) in [5.41, 5.74) is 1.72. The van der Waals surface area contributed by atoms with E-state index in [1.54, 1.807) is 45.0 Å². The molecule has 0 aliphatic heterocycles. The van der Waals surface area contributed by atoms with Crippen LogP contribution >= 0.6 is 7.60 Å². The zero-order chi connectivity index (χ0) is 21.1. The van der Waals surface area contributed by atoms with E-state index in [1.807, 2.05) is 30.3 Å². The molecule has 2 rings (SSSR count). The van der Waals surface area contributed by atoms with Gasteiger partial charge < -0.3 is 18.5 Å². The van der Waals surface area contributed by atoms with Crippen LogP contribution in [-0.2, 0) is 29.8 Å². The highest BCUT2D eigenvalue weighted by Gasteiger charge is 2.36. The maximum atomic E-state index is 13.1. The first-order chi connectivity index (χ1) is 14.0. The average molecular weight is 418 g/mol. The van der Waals surface area contributed by atoms with Crippen molar-refractivity contribution in [2.75, 3.05) is 19.8 Å². The standard InChI is InChI=1S/C22H27O6P/c1-4-25-22(23)21(29(24,27-5-2)28-6-3)16-18-12-14-20(15-13-18)26-17-19-10-8-7-9-11-19/h7-16H,4-6,17H2,1-3H3. The lowest BCUT2D eigenvalue weighted by molar-refractivity contribution is -0.137. The molecule has 0 fully saturated rings. The normalized spacial score (nSPS) is 11.9. The van der Waals surface area contributed by atoms with Crippen LogP contribution in [0, 0.1) is 0 Å². The average Bonchev–Trinajstić information content (AvgIpc) is 2.72. The van der Waals surface area contributed by atoms with Crippen LogP contribution in [0.2, 0.25) is 0 Å². The summed E-state index contributed by atoms with van der Waals surface area (Å²) in [5, 5.41) is -0.124. The summed E-state index contributed by atoms with van der Waals surface area (Å²) < 4.78 is 34.6. The van der Waals surface area contributed by atoms with E-state index in [-0.39, 0.29) is 25.1 Å². The van der Waals surface area contributed by atoms with Gasteiger partial charge in [-0.1, -0.05) is 42.5 Å². The molecular formula is C22H27O6P. The molecular weight excluding hydrogens is 391 g/mol. The van der Waals surface area contributed by atoms with E-state index in [9.17, 15) is 9.36 Å². The van der Waals surface area contributed by atoms with Crippen molar-refractivity contribution in [1.82, 2.24) is 0 Å². The maximum absolute atomic E-state index is 13.1. The summed E-state index contributed by atoms with van der Waals surface area (Å²) in [6, 6.07) is 16.9. The van der Waals surface area contributed by atoms with Gasteiger partial charge in [0.1, 0.15) is 17.7 Å². The van der Waals surface area contributed by atoms with Gasteiger partial charge in [-0.25, -0.2) is 4.79 Å². The van der Waals surface area contributed by atoms with E-state index in [1.165, 1.54) is 6.08 Å². The van der Waals surface area contributed by atoms with Gasteiger partial charge in [0, 0.05) is 0 Å². The Labute approximate surface area is 172 Å². The fraction of sp³-hybridized carbons (Fsp3) is 0.318. The van der Waals surface area contributed by atoms with Crippen LogP contribution in [0.5, 0.6) is 5.75 Å². The summed E-state index contributed by atoms with van der Waals surface area (Å²) in [7, 11) is -3.79. The van der Waals surface area contributed by atoms with Crippen LogP contribution in [0.3, 0.4) is 0 Å². The third kappa shape index (κ3) is 6.86. The van der Waals surface area contributed by atoms with Crippen LogP contribution in [0.25, 0.3) is 6.08 Å². The minimum atomic E-state index is -3.79. The summed E-state index contributed by atoms with van der Waals surface area (Å²) in [6.07, 6.45) is 1.48. The number of esters is 1. The molecule has 7 heteroatoms. The summed E-state index contributed by atoms with van der Waals surface area (Å²) >= 11 is 0. The largest absolute Gasteiger partial charge is 0.489 e. The SMILES string of the molecule is CCOC(=O)C(=Cc1ccc(OCc2ccccc2)cc1)P(=O)(OCC)OCC. The number of benzene rings is 2. The molecule has 6 nitrogen and oxygen atoms in total. The first-order valence-corrected chi connectivity index (χ1v) is 11.1. The van der Waals surface area contributed by atoms with Crippen molar-refractivity contribution in [2.45, 2.75) is 27.4 Å². The number of ether oxygens (including phenoxy) is 2. The van der Waals surface area contributed by atoms with Crippen molar-refractivity contribution in [2.24, 2.45) is 0 Å². The molecule has 0 unspecified atom stereocenters. The molecule has 0 spiro atoms. The molecule has 0 saturated carbocycles. The van der Waals surface area contributed by atoms with Crippen LogP contribution in [0.4, 0.5) is 0 Å². The molecule has 0 amide bonds. The lowest BCUT2D eigenvalue weighted by Gasteiger charge is -2.19. The summed E-state index contributed by atoms with van der Waals surface area (Å²) in [6.45, 7) is 5.94. The summed E-state index contributed by atoms with van der Waals surface area (Å²) in [4.78, 5) is 12.4. The van der Waals surface area contributed by atoms with Gasteiger partial charge in [-0.05, 0) is 50.1 Å². The second-order valence-electron chi connectivity index (χ2n) is 5.93. The topological polar surface area (TPSA) is 71.1 Å². The molecule has 0 radical (unpaired) electrons. The number of carbonyl (C=O) groups excluding carboxylic acids is 1. The Bertz CT molecular complexity index is 835. The minimum Gasteiger partial charge on any atom is -0.489 e. The van der Waals surface area contributed by atoms with Gasteiger partial charge in [-0.15, -0.1) is 0 Å². The quantitative estimate of drug-likeness (QED) is 0.275. The molecule has 0 aliphatic carbocycles. The highest BCUT2D eigenvalue weighted by molar-refractivity contribution is 7.60. The second kappa shape index (κ2) is 11.6. The van der Waals surface area contributed by atoms with Gasteiger partial charge in [0.25, 0.3) is 0 Å². The fourth-order valence-electron chi connectivity index (χ4n) is 2.53. The van der Waals surface area contributed by atoms with Gasteiger partial charge in [0.05, 0.1) is 19.8 Å². The first kappa shape index (κ1) is 22.9. The number of carbonyl (C=O) groups is 1. The van der Waals surface area contributed by atoms with Gasteiger partial charge >= 0.3 is 13.6 Å². The van der Waals surface area contributed by atoms with Crippen molar-refractivity contribution in [3.63, 3.8) is 0 Å². The first-order valence-electron chi connectivity index (χ1n) is 9.57. The van der Waals surface area contributed by atoms with E-state index in [4.69, 9.17) is 18.5 Å². The van der Waals surface area contributed by atoms with E-state index in [0.717, 1.165) is 5.56 Å². The van der Waals surface area contributed by atoms with E-state index < -0.39 is 13.6 Å². The molecule has 0 aliphatic rings. The fourth-order valence-corrected chi connectivity index (χ4v) is 4.16. The summed E-state index contributed by atoms with van der Waals surface area (Å²) in [5.74, 6) is -0.0383. The van der Waals surface area contributed by atoms with E-state index >= 15 is 0 Å². The van der Waals surface area contributed by atoms with Gasteiger partial charge in [-0.2, -0.15) is 0 Å². The predicted molar refractivity (Wildman–Crippen MR) is 113 cm³/mol. The number of rotatable bonds is 11. The lowest BCUT2D eigenvalue weighted by atomic mass is 10.2. The van der Waals surface area contributed by atoms with Crippen LogP contribution in [-0.4, -0.2) is 25.8 Å². The molecule has 0 bridgehead atoms. The highest BCUT2D eigenvalue weighted by atomic mass is 31.2. The van der Waals surface area contributed by atoms with E-state index in [2.05, 4.69) is 0 Å². The lowest BCUT2D eigenvalue weighted by Crippen LogP contribution is -2.11. The maximum Gasteiger partial charge on any atom is 0.368 e. The van der Waals surface area contributed by atoms with Crippen LogP contribution < -0.4 is 4.74 Å². The van der Waals surface area contributed by atoms with Crippen molar-refractivity contribution in [3.8, 4) is 5.75 Å². The van der Waals surface area contributed by atoms with Crippen LogP contribution in [0.1, 0.15) is 31.9 Å². The zero-order valence-corrected chi connectivity index (χ0v) is 17.9. The molecule has 2 aromatic rings. The smallest absolute Gasteiger partial charge is 0.368 e. The highest BCUT2D eigenvalue weighted by Crippen LogP contribution is 2.57. The zero-order valence-electron chi connectivity index (χ0n) is 17.0. The van der Waals surface area contributed by atoms with Gasteiger partial charge in [-0.3, -0.25) is 4.57 Å². The Morgan fingerprint density at radius 2 is 1.52 bits per heavy atom. The Balaban J connectivity index is 2.23.